The van der Waals surface area contributed by atoms with Crippen LogP contribution in [0.1, 0.15) is 36.5 Å². The van der Waals surface area contributed by atoms with Gasteiger partial charge >= 0.3 is 0 Å². The molecule has 1 aliphatic heterocycles. The summed E-state index contributed by atoms with van der Waals surface area (Å²) >= 11 is 0. The average molecular weight is 328 g/mol. The van der Waals surface area contributed by atoms with Crippen LogP contribution in [-0.2, 0) is 15.9 Å². The van der Waals surface area contributed by atoms with Gasteiger partial charge in [0.05, 0.1) is 12.7 Å². The van der Waals surface area contributed by atoms with Crippen molar-refractivity contribution in [1.82, 2.24) is 10.5 Å². The van der Waals surface area contributed by atoms with Crippen molar-refractivity contribution in [2.24, 2.45) is 0 Å². The molecular formula is C19H24N2O3. The summed E-state index contributed by atoms with van der Waals surface area (Å²) in [6.07, 6.45) is 7.59. The second kappa shape index (κ2) is 8.78. The van der Waals surface area contributed by atoms with Crippen LogP contribution in [0, 0.1) is 0 Å². The molecule has 1 N–H and O–H groups in total. The molecule has 1 aromatic carbocycles. The van der Waals surface area contributed by atoms with Gasteiger partial charge in [-0.15, -0.1) is 0 Å². The Hall–Kier alpha value is -1.95. The molecule has 1 aromatic heterocycles. The van der Waals surface area contributed by atoms with E-state index in [1.807, 2.05) is 36.5 Å². The van der Waals surface area contributed by atoms with Crippen molar-refractivity contribution in [3.63, 3.8) is 0 Å². The summed E-state index contributed by atoms with van der Waals surface area (Å²) in [5.41, 5.74) is 5.08. The first-order valence-electron chi connectivity index (χ1n) is 8.44. The lowest BCUT2D eigenvalue weighted by atomic mass is 10.1. The topological polar surface area (TPSA) is 52.6 Å². The van der Waals surface area contributed by atoms with Crippen molar-refractivity contribution in [3.8, 4) is 5.75 Å². The van der Waals surface area contributed by atoms with Crippen LogP contribution >= 0.6 is 0 Å². The molecule has 0 bridgehead atoms. The first-order chi connectivity index (χ1) is 11.8. The predicted octanol–water partition coefficient (Wildman–Crippen LogP) is 3.42. The first-order valence-corrected chi connectivity index (χ1v) is 8.44. The number of nitrogens with one attached hydrogen (secondary N) is 1. The van der Waals surface area contributed by atoms with E-state index in [1.165, 1.54) is 11.1 Å². The Kier molecular flexibility index (Phi) is 6.18. The number of aryl methyl sites for hydroxylation is 1. The molecule has 0 aliphatic carbocycles. The number of hydrogen-bond donors (Lipinski definition) is 1. The lowest BCUT2D eigenvalue weighted by molar-refractivity contribution is -0.135. The molecule has 0 amide bonds. The fourth-order valence-electron chi connectivity index (χ4n) is 2.88. The lowest BCUT2D eigenvalue weighted by Gasteiger charge is -2.15. The van der Waals surface area contributed by atoms with Crippen molar-refractivity contribution in [2.45, 2.75) is 38.1 Å². The number of benzene rings is 1. The molecule has 128 valence electrons. The van der Waals surface area contributed by atoms with Crippen LogP contribution in [0.2, 0.25) is 0 Å². The van der Waals surface area contributed by atoms with E-state index < -0.39 is 0 Å². The molecule has 2 heterocycles. The van der Waals surface area contributed by atoms with Crippen LogP contribution in [0.5, 0.6) is 5.75 Å². The number of nitrogens with zero attached hydrogens (tertiary/aromatic N) is 1. The van der Waals surface area contributed by atoms with Gasteiger partial charge in [0.25, 0.3) is 0 Å². The summed E-state index contributed by atoms with van der Waals surface area (Å²) in [5, 5.41) is 0. The van der Waals surface area contributed by atoms with Crippen LogP contribution in [0.3, 0.4) is 0 Å². The standard InChI is InChI=1S/C19H24N2O3/c1-20-24-17-8-6-16(7-9-17)18-10-11-19(23-18)22-13-3-5-15-4-2-12-21-14-15/h2,4,6-9,12,14,18-20H,3,5,10-11,13H2,1H3. The Morgan fingerprint density at radius 1 is 1.21 bits per heavy atom. The van der Waals surface area contributed by atoms with Crippen molar-refractivity contribution in [3.05, 3.63) is 59.9 Å². The Bertz CT molecular complexity index is 604. The Labute approximate surface area is 142 Å². The number of ether oxygens (including phenoxy) is 2. The van der Waals surface area contributed by atoms with Crippen LogP contribution in [0.15, 0.2) is 48.8 Å². The summed E-state index contributed by atoms with van der Waals surface area (Å²) in [6.45, 7) is 0.710. The monoisotopic (exact) mass is 328 g/mol. The molecule has 2 unspecified atom stereocenters. The van der Waals surface area contributed by atoms with Gasteiger partial charge in [0.15, 0.2) is 6.29 Å². The zero-order chi connectivity index (χ0) is 16.6. The smallest absolute Gasteiger partial charge is 0.158 e. The first kappa shape index (κ1) is 16.9. The highest BCUT2D eigenvalue weighted by molar-refractivity contribution is 5.28. The highest BCUT2D eigenvalue weighted by atomic mass is 16.7. The summed E-state index contributed by atoms with van der Waals surface area (Å²) in [7, 11) is 1.74. The fraction of sp³-hybridized carbons (Fsp3) is 0.421. The Morgan fingerprint density at radius 3 is 2.83 bits per heavy atom. The maximum absolute atomic E-state index is 6.01. The van der Waals surface area contributed by atoms with Gasteiger partial charge in [0, 0.05) is 25.9 Å². The summed E-state index contributed by atoms with van der Waals surface area (Å²) < 4.78 is 11.9. The third-order valence-electron chi connectivity index (χ3n) is 4.09. The van der Waals surface area contributed by atoms with Gasteiger partial charge in [-0.1, -0.05) is 18.2 Å². The Balaban J connectivity index is 1.39. The minimum atomic E-state index is -0.0999. The normalized spacial score (nSPS) is 20.2. The van der Waals surface area contributed by atoms with Crippen LogP contribution in [-0.4, -0.2) is 24.9 Å². The number of rotatable bonds is 8. The number of hydrogen-bond acceptors (Lipinski definition) is 5. The summed E-state index contributed by atoms with van der Waals surface area (Å²) in [5.74, 6) is 0.794. The van der Waals surface area contributed by atoms with E-state index in [9.17, 15) is 0 Å². The molecule has 2 aromatic rings. The second-order valence-corrected chi connectivity index (χ2v) is 5.84. The molecule has 1 fully saturated rings. The van der Waals surface area contributed by atoms with E-state index >= 15 is 0 Å². The van der Waals surface area contributed by atoms with E-state index in [1.54, 1.807) is 13.2 Å². The maximum Gasteiger partial charge on any atom is 0.158 e. The van der Waals surface area contributed by atoms with Crippen LogP contribution < -0.4 is 10.3 Å². The van der Waals surface area contributed by atoms with Gasteiger partial charge in [0.1, 0.15) is 5.75 Å². The third-order valence-corrected chi connectivity index (χ3v) is 4.09. The van der Waals surface area contributed by atoms with Crippen molar-refractivity contribution in [2.75, 3.05) is 13.7 Å². The van der Waals surface area contributed by atoms with Gasteiger partial charge in [0.2, 0.25) is 0 Å². The van der Waals surface area contributed by atoms with Gasteiger partial charge in [-0.2, -0.15) is 5.48 Å². The number of pyridine rings is 1. The van der Waals surface area contributed by atoms with Crippen molar-refractivity contribution >= 4 is 0 Å². The van der Waals surface area contributed by atoms with Gasteiger partial charge < -0.3 is 14.3 Å². The molecule has 3 rings (SSSR count). The second-order valence-electron chi connectivity index (χ2n) is 5.84. The molecule has 0 radical (unpaired) electrons. The minimum absolute atomic E-state index is 0.0999. The number of aromatic nitrogens is 1. The zero-order valence-corrected chi connectivity index (χ0v) is 14.0. The van der Waals surface area contributed by atoms with E-state index in [0.29, 0.717) is 6.61 Å². The highest BCUT2D eigenvalue weighted by Gasteiger charge is 2.26. The highest BCUT2D eigenvalue weighted by Crippen LogP contribution is 2.33. The average Bonchev–Trinajstić information content (AvgIpc) is 3.10. The Morgan fingerprint density at radius 2 is 2.08 bits per heavy atom. The lowest BCUT2D eigenvalue weighted by Crippen LogP contribution is -2.13. The molecule has 2 atom stereocenters. The molecule has 5 heteroatoms. The van der Waals surface area contributed by atoms with Crippen LogP contribution in [0.4, 0.5) is 0 Å². The molecule has 5 nitrogen and oxygen atoms in total. The van der Waals surface area contributed by atoms with Gasteiger partial charge in [-0.25, -0.2) is 0 Å². The third kappa shape index (κ3) is 4.77. The SMILES string of the molecule is CNOc1ccc(C2CCC(OCCCc3cccnc3)O2)cc1. The molecular weight excluding hydrogens is 304 g/mol. The molecule has 24 heavy (non-hydrogen) atoms. The molecule has 0 saturated carbocycles. The van der Waals surface area contributed by atoms with E-state index in [2.05, 4.69) is 16.5 Å². The van der Waals surface area contributed by atoms with Crippen LogP contribution in [0.25, 0.3) is 0 Å². The quantitative estimate of drug-likeness (QED) is 0.594. The van der Waals surface area contributed by atoms with Crippen molar-refractivity contribution in [1.29, 1.82) is 0 Å². The van der Waals surface area contributed by atoms with E-state index in [0.717, 1.165) is 31.4 Å². The minimum Gasteiger partial charge on any atom is -0.409 e. The van der Waals surface area contributed by atoms with Gasteiger partial charge in [-0.3, -0.25) is 4.98 Å². The molecule has 0 spiro atoms. The largest absolute Gasteiger partial charge is 0.409 e. The summed E-state index contributed by atoms with van der Waals surface area (Å²) in [6, 6.07) is 12.0. The zero-order valence-electron chi connectivity index (χ0n) is 14.0. The maximum atomic E-state index is 6.01. The van der Waals surface area contributed by atoms with E-state index in [-0.39, 0.29) is 12.4 Å². The van der Waals surface area contributed by atoms with Gasteiger partial charge in [-0.05, 0) is 48.6 Å². The van der Waals surface area contributed by atoms with E-state index in [4.69, 9.17) is 14.3 Å². The molecule has 1 saturated heterocycles. The predicted molar refractivity (Wildman–Crippen MR) is 91.5 cm³/mol. The molecule has 1 aliphatic rings. The summed E-state index contributed by atoms with van der Waals surface area (Å²) in [4.78, 5) is 9.35. The fourth-order valence-corrected chi connectivity index (χ4v) is 2.88. The van der Waals surface area contributed by atoms with Crippen molar-refractivity contribution < 1.29 is 14.3 Å². The number of hydroxylamine groups is 1.